The summed E-state index contributed by atoms with van der Waals surface area (Å²) in [5.74, 6) is -0.407. The van der Waals surface area contributed by atoms with Crippen molar-refractivity contribution in [1.29, 1.82) is 0 Å². The summed E-state index contributed by atoms with van der Waals surface area (Å²) in [6.07, 6.45) is 1.66. The quantitative estimate of drug-likeness (QED) is 0.309. The number of nitrogens with zero attached hydrogens (tertiary/aromatic N) is 2. The first-order chi connectivity index (χ1) is 19.2. The van der Waals surface area contributed by atoms with E-state index in [2.05, 4.69) is 5.32 Å². The van der Waals surface area contributed by atoms with Crippen LogP contribution < -0.4 is 14.4 Å². The van der Waals surface area contributed by atoms with Crippen LogP contribution in [0.4, 0.5) is 5.69 Å². The molecule has 0 aliphatic rings. The van der Waals surface area contributed by atoms with Crippen molar-refractivity contribution in [2.45, 2.75) is 51.0 Å². The van der Waals surface area contributed by atoms with Crippen LogP contribution in [0.25, 0.3) is 0 Å². The molecule has 3 aromatic rings. The summed E-state index contributed by atoms with van der Waals surface area (Å²) < 4.78 is 34.6. The molecule has 3 rings (SSSR count). The van der Waals surface area contributed by atoms with Crippen LogP contribution in [0.5, 0.6) is 5.75 Å². The monoisotopic (exact) mass is 565 g/mol. The number of rotatable bonds is 14. The number of sulfonamides is 1. The first kappa shape index (κ1) is 30.7. The molecule has 0 aliphatic heterocycles. The standard InChI is InChI=1S/C31H39N3O5S/c1-5-20-32-31(36)27(6-2)33(21-19-25-13-9-7-10-14-25)30(35)23-34(28-22-24(3)17-18-29(28)39-4)40(37,38)26-15-11-8-12-16-26/h7-18,22,27H,5-6,19-21,23H2,1-4H3,(H,32,36). The maximum absolute atomic E-state index is 14.1. The topological polar surface area (TPSA) is 96.0 Å². The molecule has 0 heterocycles. The molecule has 214 valence electrons. The lowest BCUT2D eigenvalue weighted by Gasteiger charge is -2.33. The van der Waals surface area contributed by atoms with E-state index in [9.17, 15) is 18.0 Å². The zero-order valence-corrected chi connectivity index (χ0v) is 24.5. The molecule has 9 heteroatoms. The highest BCUT2D eigenvalue weighted by molar-refractivity contribution is 7.92. The van der Waals surface area contributed by atoms with E-state index >= 15 is 0 Å². The molecule has 1 N–H and O–H groups in total. The average molecular weight is 566 g/mol. The molecule has 0 saturated carbocycles. The Morgan fingerprint density at radius 1 is 0.950 bits per heavy atom. The van der Waals surface area contributed by atoms with Gasteiger partial charge in [-0.05, 0) is 61.6 Å². The Morgan fingerprint density at radius 3 is 2.20 bits per heavy atom. The van der Waals surface area contributed by atoms with Crippen molar-refractivity contribution in [2.24, 2.45) is 0 Å². The number of anilines is 1. The van der Waals surface area contributed by atoms with Crippen molar-refractivity contribution in [3.05, 3.63) is 90.0 Å². The molecule has 0 bridgehead atoms. The summed E-state index contributed by atoms with van der Waals surface area (Å²) in [7, 11) is -2.70. The number of methoxy groups -OCH3 is 1. The largest absolute Gasteiger partial charge is 0.495 e. The van der Waals surface area contributed by atoms with Crippen molar-refractivity contribution in [1.82, 2.24) is 10.2 Å². The molecule has 3 aromatic carbocycles. The van der Waals surface area contributed by atoms with Gasteiger partial charge in [-0.25, -0.2) is 8.42 Å². The second kappa shape index (κ2) is 14.5. The Morgan fingerprint density at radius 2 is 1.60 bits per heavy atom. The number of carbonyl (C=O) groups is 2. The molecule has 0 saturated heterocycles. The summed E-state index contributed by atoms with van der Waals surface area (Å²) in [5, 5.41) is 2.90. The van der Waals surface area contributed by atoms with E-state index in [0.717, 1.165) is 21.9 Å². The van der Waals surface area contributed by atoms with E-state index in [1.807, 2.05) is 57.2 Å². The maximum atomic E-state index is 14.1. The molecule has 0 radical (unpaired) electrons. The van der Waals surface area contributed by atoms with Crippen molar-refractivity contribution in [3.8, 4) is 5.75 Å². The third-order valence-electron chi connectivity index (χ3n) is 6.63. The third-order valence-corrected chi connectivity index (χ3v) is 8.41. The summed E-state index contributed by atoms with van der Waals surface area (Å²) in [6, 6.07) is 22.1. The van der Waals surface area contributed by atoms with Gasteiger partial charge in [0.05, 0.1) is 17.7 Å². The Bertz CT molecular complexity index is 1360. The van der Waals surface area contributed by atoms with E-state index < -0.39 is 28.5 Å². The molecule has 0 fully saturated rings. The van der Waals surface area contributed by atoms with Crippen LogP contribution in [0.1, 0.15) is 37.8 Å². The number of amides is 2. The van der Waals surface area contributed by atoms with Crippen LogP contribution in [0, 0.1) is 6.92 Å². The second-order valence-corrected chi connectivity index (χ2v) is 11.4. The van der Waals surface area contributed by atoms with Gasteiger partial charge in [0.2, 0.25) is 11.8 Å². The van der Waals surface area contributed by atoms with E-state index in [1.54, 1.807) is 30.3 Å². The van der Waals surface area contributed by atoms with Gasteiger partial charge in [0.25, 0.3) is 10.0 Å². The van der Waals surface area contributed by atoms with Crippen LogP contribution >= 0.6 is 0 Å². The molecular weight excluding hydrogens is 526 g/mol. The minimum atomic E-state index is -4.16. The van der Waals surface area contributed by atoms with Gasteiger partial charge in [-0.1, -0.05) is 68.4 Å². The molecule has 40 heavy (non-hydrogen) atoms. The molecule has 0 aliphatic carbocycles. The lowest BCUT2D eigenvalue weighted by molar-refractivity contribution is -0.139. The Balaban J connectivity index is 2.05. The zero-order valence-electron chi connectivity index (χ0n) is 23.7. The van der Waals surface area contributed by atoms with Crippen molar-refractivity contribution in [3.63, 3.8) is 0 Å². The third kappa shape index (κ3) is 7.63. The van der Waals surface area contributed by atoms with Crippen molar-refractivity contribution in [2.75, 3.05) is 31.0 Å². The van der Waals surface area contributed by atoms with Crippen LogP contribution in [0.2, 0.25) is 0 Å². The number of ether oxygens (including phenoxy) is 1. The first-order valence-electron chi connectivity index (χ1n) is 13.6. The van der Waals surface area contributed by atoms with Crippen LogP contribution in [-0.4, -0.2) is 57.9 Å². The molecule has 1 unspecified atom stereocenters. The van der Waals surface area contributed by atoms with E-state index in [4.69, 9.17) is 4.74 Å². The van der Waals surface area contributed by atoms with Crippen molar-refractivity contribution < 1.29 is 22.7 Å². The number of hydrogen-bond acceptors (Lipinski definition) is 5. The first-order valence-corrected chi connectivity index (χ1v) is 15.0. The Hall–Kier alpha value is -3.85. The van der Waals surface area contributed by atoms with E-state index in [-0.39, 0.29) is 23.0 Å². The lowest BCUT2D eigenvalue weighted by Crippen LogP contribution is -2.53. The normalized spacial score (nSPS) is 11.9. The van der Waals surface area contributed by atoms with Crippen molar-refractivity contribution >= 4 is 27.5 Å². The van der Waals surface area contributed by atoms with Gasteiger partial charge in [0, 0.05) is 13.1 Å². The smallest absolute Gasteiger partial charge is 0.264 e. The summed E-state index contributed by atoms with van der Waals surface area (Å²) in [5.41, 5.74) is 2.08. The van der Waals surface area contributed by atoms with Gasteiger partial charge in [-0.15, -0.1) is 0 Å². The maximum Gasteiger partial charge on any atom is 0.264 e. The molecule has 2 amide bonds. The molecular formula is C31H39N3O5S. The number of carbonyl (C=O) groups excluding carboxylic acids is 2. The second-order valence-electron chi connectivity index (χ2n) is 9.54. The highest BCUT2D eigenvalue weighted by atomic mass is 32.2. The lowest BCUT2D eigenvalue weighted by atomic mass is 10.1. The van der Waals surface area contributed by atoms with Crippen LogP contribution in [-0.2, 0) is 26.0 Å². The minimum absolute atomic E-state index is 0.0509. The van der Waals surface area contributed by atoms with Gasteiger partial charge in [-0.2, -0.15) is 0 Å². The number of benzene rings is 3. The fourth-order valence-corrected chi connectivity index (χ4v) is 5.93. The van der Waals surface area contributed by atoms with Gasteiger partial charge in [-0.3, -0.25) is 13.9 Å². The molecule has 1 atom stereocenters. The Labute approximate surface area is 238 Å². The van der Waals surface area contributed by atoms with Gasteiger partial charge >= 0.3 is 0 Å². The van der Waals surface area contributed by atoms with Crippen LogP contribution in [0.15, 0.2) is 83.8 Å². The zero-order chi connectivity index (χ0) is 29.1. The molecule has 0 spiro atoms. The van der Waals surface area contributed by atoms with E-state index in [0.29, 0.717) is 25.1 Å². The highest BCUT2D eigenvalue weighted by Crippen LogP contribution is 2.33. The molecule has 8 nitrogen and oxygen atoms in total. The summed E-state index contributed by atoms with van der Waals surface area (Å²) >= 11 is 0. The van der Waals surface area contributed by atoms with Gasteiger partial charge < -0.3 is 15.0 Å². The fraction of sp³-hybridized carbons (Fsp3) is 0.355. The SMILES string of the molecule is CCCNC(=O)C(CC)N(CCc1ccccc1)C(=O)CN(c1cc(C)ccc1OC)S(=O)(=O)c1ccccc1. The summed E-state index contributed by atoms with van der Waals surface area (Å²) in [6.45, 7) is 5.90. The minimum Gasteiger partial charge on any atom is -0.495 e. The number of hydrogen-bond donors (Lipinski definition) is 1. The predicted molar refractivity (Wildman–Crippen MR) is 158 cm³/mol. The fourth-order valence-electron chi connectivity index (χ4n) is 4.49. The Kier molecular flexibility index (Phi) is 11.1. The van der Waals surface area contributed by atoms with E-state index in [1.165, 1.54) is 24.1 Å². The predicted octanol–water partition coefficient (Wildman–Crippen LogP) is 4.58. The summed E-state index contributed by atoms with van der Waals surface area (Å²) in [4.78, 5) is 28.8. The number of aryl methyl sites for hydroxylation is 1. The number of nitrogens with one attached hydrogen (secondary N) is 1. The molecule has 0 aromatic heterocycles. The van der Waals surface area contributed by atoms with Crippen LogP contribution in [0.3, 0.4) is 0 Å². The average Bonchev–Trinajstić information content (AvgIpc) is 2.97. The van der Waals surface area contributed by atoms with Gasteiger partial charge in [0.15, 0.2) is 0 Å². The van der Waals surface area contributed by atoms with Gasteiger partial charge in [0.1, 0.15) is 18.3 Å². The highest BCUT2D eigenvalue weighted by Gasteiger charge is 2.34.